The third kappa shape index (κ3) is 3.16. The molecule has 0 amide bonds. The zero-order chi connectivity index (χ0) is 13.2. The smallest absolute Gasteiger partial charge is 0.398 e. The highest BCUT2D eigenvalue weighted by Crippen LogP contribution is 2.32. The number of nitrogens with two attached hydrogens (primary N) is 1. The van der Waals surface area contributed by atoms with Crippen molar-refractivity contribution in [1.82, 2.24) is 0 Å². The average molecular weight is 259 g/mol. The van der Waals surface area contributed by atoms with Gasteiger partial charge in [0.05, 0.1) is 5.56 Å². The largest absolute Gasteiger partial charge is 0.416 e. The van der Waals surface area contributed by atoms with Crippen LogP contribution >= 0.6 is 0 Å². The van der Waals surface area contributed by atoms with Crippen LogP contribution in [0.1, 0.15) is 24.0 Å². The van der Waals surface area contributed by atoms with Gasteiger partial charge >= 0.3 is 6.18 Å². The highest BCUT2D eigenvalue weighted by atomic mass is 19.4. The van der Waals surface area contributed by atoms with E-state index in [9.17, 15) is 13.2 Å². The Kier molecular flexibility index (Phi) is 3.80. The van der Waals surface area contributed by atoms with Gasteiger partial charge in [-0.15, -0.1) is 0 Å². The standard InChI is InChI=1S/C13H16F3NO/c14-13(15,16)11-4-3-10(12(17)7-11)6-9-2-1-5-18-8-9/h3-4,7,9H,1-2,5-6,8,17H2. The first-order valence-corrected chi connectivity index (χ1v) is 6.00. The van der Waals surface area contributed by atoms with E-state index < -0.39 is 11.7 Å². The lowest BCUT2D eigenvalue weighted by atomic mass is 9.93. The van der Waals surface area contributed by atoms with Crippen molar-refractivity contribution in [3.63, 3.8) is 0 Å². The van der Waals surface area contributed by atoms with E-state index in [0.717, 1.165) is 37.1 Å². The summed E-state index contributed by atoms with van der Waals surface area (Å²) in [6.45, 7) is 1.44. The number of nitrogen functional groups attached to an aromatic ring is 1. The van der Waals surface area contributed by atoms with E-state index in [-0.39, 0.29) is 5.69 Å². The Bertz CT molecular complexity index is 411. The van der Waals surface area contributed by atoms with Crippen molar-refractivity contribution in [2.75, 3.05) is 18.9 Å². The van der Waals surface area contributed by atoms with Crippen molar-refractivity contribution >= 4 is 5.69 Å². The van der Waals surface area contributed by atoms with Crippen LogP contribution in [0.25, 0.3) is 0 Å². The van der Waals surface area contributed by atoms with Gasteiger partial charge in [-0.25, -0.2) is 0 Å². The fourth-order valence-electron chi connectivity index (χ4n) is 2.24. The molecule has 18 heavy (non-hydrogen) atoms. The Labute approximate surface area is 104 Å². The van der Waals surface area contributed by atoms with Crippen LogP contribution in [0.5, 0.6) is 0 Å². The molecule has 0 radical (unpaired) electrons. The molecule has 5 heteroatoms. The van der Waals surface area contributed by atoms with Gasteiger partial charge in [0.2, 0.25) is 0 Å². The van der Waals surface area contributed by atoms with E-state index >= 15 is 0 Å². The summed E-state index contributed by atoms with van der Waals surface area (Å²) in [6, 6.07) is 3.58. The summed E-state index contributed by atoms with van der Waals surface area (Å²) >= 11 is 0. The molecule has 0 aliphatic carbocycles. The molecule has 1 saturated heterocycles. The number of hydrogen-bond donors (Lipinski definition) is 1. The molecule has 1 aliphatic heterocycles. The Balaban J connectivity index is 2.09. The Morgan fingerprint density at radius 3 is 2.67 bits per heavy atom. The maximum atomic E-state index is 12.5. The van der Waals surface area contributed by atoms with E-state index in [0.29, 0.717) is 18.9 Å². The summed E-state index contributed by atoms with van der Waals surface area (Å²) in [4.78, 5) is 0. The van der Waals surface area contributed by atoms with Gasteiger partial charge < -0.3 is 10.5 Å². The maximum absolute atomic E-state index is 12.5. The average Bonchev–Trinajstić information content (AvgIpc) is 2.32. The van der Waals surface area contributed by atoms with Gasteiger partial charge in [-0.1, -0.05) is 6.07 Å². The topological polar surface area (TPSA) is 35.2 Å². The van der Waals surface area contributed by atoms with E-state index in [4.69, 9.17) is 10.5 Å². The second-order valence-corrected chi connectivity index (χ2v) is 4.70. The maximum Gasteiger partial charge on any atom is 0.416 e. The number of benzene rings is 1. The Morgan fingerprint density at radius 2 is 2.11 bits per heavy atom. The fourth-order valence-corrected chi connectivity index (χ4v) is 2.24. The second kappa shape index (κ2) is 5.18. The van der Waals surface area contributed by atoms with Crippen molar-refractivity contribution in [2.24, 2.45) is 5.92 Å². The zero-order valence-corrected chi connectivity index (χ0v) is 9.96. The van der Waals surface area contributed by atoms with Crippen LogP contribution in [-0.2, 0) is 17.3 Å². The highest BCUT2D eigenvalue weighted by Gasteiger charge is 2.30. The lowest BCUT2D eigenvalue weighted by molar-refractivity contribution is -0.137. The van der Waals surface area contributed by atoms with Gasteiger partial charge in [-0.05, 0) is 42.9 Å². The molecule has 2 N–H and O–H groups in total. The number of rotatable bonds is 2. The van der Waals surface area contributed by atoms with Gasteiger partial charge in [-0.2, -0.15) is 13.2 Å². The molecular weight excluding hydrogens is 243 g/mol. The van der Waals surface area contributed by atoms with Crippen LogP contribution in [0.4, 0.5) is 18.9 Å². The predicted octanol–water partition coefficient (Wildman–Crippen LogP) is 3.26. The van der Waals surface area contributed by atoms with Crippen molar-refractivity contribution < 1.29 is 17.9 Å². The number of halogens is 3. The van der Waals surface area contributed by atoms with Crippen molar-refractivity contribution in [3.8, 4) is 0 Å². The van der Waals surface area contributed by atoms with Crippen LogP contribution in [0.3, 0.4) is 0 Å². The quantitative estimate of drug-likeness (QED) is 0.827. The summed E-state index contributed by atoms with van der Waals surface area (Å²) in [5.41, 5.74) is 6.00. The molecule has 1 heterocycles. The number of alkyl halides is 3. The lowest BCUT2D eigenvalue weighted by Gasteiger charge is -2.22. The Hall–Kier alpha value is -1.23. The fraction of sp³-hybridized carbons (Fsp3) is 0.538. The van der Waals surface area contributed by atoms with Crippen LogP contribution in [0.2, 0.25) is 0 Å². The van der Waals surface area contributed by atoms with E-state index in [1.807, 2.05) is 0 Å². The summed E-state index contributed by atoms with van der Waals surface area (Å²) in [7, 11) is 0. The van der Waals surface area contributed by atoms with Gasteiger partial charge in [0.1, 0.15) is 0 Å². The molecule has 1 aromatic rings. The molecule has 2 rings (SSSR count). The molecule has 0 bridgehead atoms. The van der Waals surface area contributed by atoms with Crippen molar-refractivity contribution in [2.45, 2.75) is 25.4 Å². The van der Waals surface area contributed by atoms with Crippen LogP contribution in [-0.4, -0.2) is 13.2 Å². The molecule has 1 atom stereocenters. The summed E-state index contributed by atoms with van der Waals surface area (Å²) < 4.78 is 42.8. The highest BCUT2D eigenvalue weighted by molar-refractivity contribution is 5.50. The minimum atomic E-state index is -4.33. The molecule has 100 valence electrons. The predicted molar refractivity (Wildman–Crippen MR) is 63.1 cm³/mol. The molecule has 1 aromatic carbocycles. The van der Waals surface area contributed by atoms with Crippen molar-refractivity contribution in [3.05, 3.63) is 29.3 Å². The number of hydrogen-bond acceptors (Lipinski definition) is 2. The second-order valence-electron chi connectivity index (χ2n) is 4.70. The van der Waals surface area contributed by atoms with Crippen LogP contribution in [0.15, 0.2) is 18.2 Å². The van der Waals surface area contributed by atoms with E-state index in [1.165, 1.54) is 6.07 Å². The first kappa shape index (κ1) is 13.2. The molecule has 1 fully saturated rings. The van der Waals surface area contributed by atoms with Gasteiger partial charge in [0.25, 0.3) is 0 Å². The van der Waals surface area contributed by atoms with Gasteiger partial charge in [0.15, 0.2) is 0 Å². The zero-order valence-electron chi connectivity index (χ0n) is 9.96. The first-order chi connectivity index (χ1) is 8.47. The third-order valence-electron chi connectivity index (χ3n) is 3.24. The number of ether oxygens (including phenoxy) is 1. The molecule has 2 nitrogen and oxygen atoms in total. The minimum absolute atomic E-state index is 0.218. The summed E-state index contributed by atoms with van der Waals surface area (Å²) in [5, 5.41) is 0. The normalized spacial score (nSPS) is 20.9. The molecule has 1 unspecified atom stereocenters. The molecule has 0 saturated carbocycles. The lowest BCUT2D eigenvalue weighted by Crippen LogP contribution is -2.19. The minimum Gasteiger partial charge on any atom is -0.398 e. The third-order valence-corrected chi connectivity index (χ3v) is 3.24. The summed E-state index contributed by atoms with van der Waals surface area (Å²) in [6.07, 6.45) is -1.60. The first-order valence-electron chi connectivity index (χ1n) is 6.00. The molecule has 0 aromatic heterocycles. The molecule has 0 spiro atoms. The van der Waals surface area contributed by atoms with Gasteiger partial charge in [-0.3, -0.25) is 0 Å². The number of anilines is 1. The SMILES string of the molecule is Nc1cc(C(F)(F)F)ccc1CC1CCCOC1. The van der Waals surface area contributed by atoms with E-state index in [2.05, 4.69) is 0 Å². The molecule has 1 aliphatic rings. The summed E-state index contributed by atoms with van der Waals surface area (Å²) in [5.74, 6) is 0.359. The van der Waals surface area contributed by atoms with Crippen molar-refractivity contribution in [1.29, 1.82) is 0 Å². The Morgan fingerprint density at radius 1 is 1.33 bits per heavy atom. The van der Waals surface area contributed by atoms with E-state index in [1.54, 1.807) is 0 Å². The molecular formula is C13H16F3NO. The monoisotopic (exact) mass is 259 g/mol. The van der Waals surface area contributed by atoms with Gasteiger partial charge in [0, 0.05) is 18.9 Å². The van der Waals surface area contributed by atoms with Crippen LogP contribution < -0.4 is 5.73 Å². The van der Waals surface area contributed by atoms with Crippen LogP contribution in [0, 0.1) is 5.92 Å².